The average Bonchev–Trinajstić information content (AvgIpc) is 3.08. The molecule has 8 heteroatoms. The third-order valence-electron chi connectivity index (χ3n) is 4.65. The molecule has 1 aromatic carbocycles. The van der Waals surface area contributed by atoms with E-state index < -0.39 is 0 Å². The number of benzene rings is 1. The van der Waals surface area contributed by atoms with Gasteiger partial charge in [-0.25, -0.2) is 0 Å². The minimum absolute atomic E-state index is 0. The van der Waals surface area contributed by atoms with E-state index in [2.05, 4.69) is 24.1 Å². The molecular weight excluding hydrogens is 397 g/mol. The first-order valence-corrected chi connectivity index (χ1v) is 9.10. The number of hydrogen-bond acceptors (Lipinski definition) is 4. The van der Waals surface area contributed by atoms with E-state index in [9.17, 15) is 4.79 Å². The lowest BCUT2D eigenvalue weighted by atomic mass is 10.0. The molecule has 1 fully saturated rings. The minimum atomic E-state index is -0.387. The third kappa shape index (κ3) is 6.55. The fraction of sp³-hybridized carbons (Fsp3) is 0.611. The van der Waals surface area contributed by atoms with Crippen molar-refractivity contribution < 1.29 is 9.53 Å². The van der Waals surface area contributed by atoms with Gasteiger partial charge >= 0.3 is 0 Å². The lowest BCUT2D eigenvalue weighted by molar-refractivity contribution is -0.132. The van der Waals surface area contributed by atoms with Crippen molar-refractivity contribution in [3.8, 4) is 0 Å². The molecule has 26 heavy (non-hydrogen) atoms. The highest BCUT2D eigenvalue weighted by Gasteiger charge is 2.30. The van der Waals surface area contributed by atoms with E-state index in [4.69, 9.17) is 22.1 Å². The zero-order valence-corrected chi connectivity index (χ0v) is 17.7. The number of rotatable bonds is 8. The summed E-state index contributed by atoms with van der Waals surface area (Å²) in [6, 6.07) is 7.85. The molecule has 0 saturated carbocycles. The first kappa shape index (κ1) is 25.4. The monoisotopic (exact) mass is 425 g/mol. The Bertz CT molecular complexity index is 544. The number of amides is 1. The van der Waals surface area contributed by atoms with Gasteiger partial charge in [0.1, 0.15) is 6.10 Å². The van der Waals surface area contributed by atoms with Crippen LogP contribution in [-0.4, -0.2) is 49.2 Å². The molecule has 0 radical (unpaired) electrons. The summed E-state index contributed by atoms with van der Waals surface area (Å²) in [5.41, 5.74) is 6.65. The predicted molar refractivity (Wildman–Crippen MR) is 112 cm³/mol. The maximum absolute atomic E-state index is 12.4. The number of nitrogens with one attached hydrogen (secondary N) is 1. The van der Waals surface area contributed by atoms with Crippen LogP contribution in [0.25, 0.3) is 0 Å². The molecule has 1 saturated heterocycles. The third-order valence-corrected chi connectivity index (χ3v) is 4.99. The molecule has 2 rings (SSSR count). The largest absolute Gasteiger partial charge is 0.364 e. The smallest absolute Gasteiger partial charge is 0.249 e. The minimum Gasteiger partial charge on any atom is -0.364 e. The first-order chi connectivity index (χ1) is 11.6. The Labute approximate surface area is 173 Å². The van der Waals surface area contributed by atoms with Gasteiger partial charge in [-0.1, -0.05) is 43.6 Å². The number of likely N-dealkylation sites (N-methyl/N-ethyl adjacent to an activating group) is 1. The molecule has 3 N–H and O–H groups in total. The summed E-state index contributed by atoms with van der Waals surface area (Å²) in [5.74, 6) is -0.0600. The van der Waals surface area contributed by atoms with Crippen LogP contribution in [0.2, 0.25) is 5.02 Å². The van der Waals surface area contributed by atoms with Crippen molar-refractivity contribution in [3.63, 3.8) is 0 Å². The highest BCUT2D eigenvalue weighted by Crippen LogP contribution is 2.27. The highest BCUT2D eigenvalue weighted by atomic mass is 35.5. The van der Waals surface area contributed by atoms with Gasteiger partial charge in [0.25, 0.3) is 0 Å². The van der Waals surface area contributed by atoms with Crippen LogP contribution in [0.4, 0.5) is 0 Å². The molecule has 0 aromatic heterocycles. The number of nitrogens with two attached hydrogens (primary N) is 1. The maximum Gasteiger partial charge on any atom is 0.249 e. The fourth-order valence-corrected chi connectivity index (χ4v) is 3.49. The van der Waals surface area contributed by atoms with E-state index in [0.29, 0.717) is 13.1 Å². The van der Waals surface area contributed by atoms with Gasteiger partial charge in [-0.2, -0.15) is 0 Å². The number of nitrogens with zero attached hydrogens (tertiary/aromatic N) is 1. The Kier molecular flexibility index (Phi) is 12.5. The Hall–Kier alpha value is -0.560. The second kappa shape index (κ2) is 12.8. The lowest BCUT2D eigenvalue weighted by Crippen LogP contribution is -2.42. The van der Waals surface area contributed by atoms with Crippen LogP contribution >= 0.6 is 36.4 Å². The molecule has 1 unspecified atom stereocenters. The summed E-state index contributed by atoms with van der Waals surface area (Å²) in [5, 5.41) is 3.76. The number of halogens is 3. The van der Waals surface area contributed by atoms with Crippen LogP contribution in [0.3, 0.4) is 0 Å². The van der Waals surface area contributed by atoms with Gasteiger partial charge in [-0.05, 0) is 37.6 Å². The molecule has 5 nitrogen and oxygen atoms in total. The molecule has 1 aliphatic rings. The maximum atomic E-state index is 12.4. The second-order valence-corrected chi connectivity index (χ2v) is 6.47. The summed E-state index contributed by atoms with van der Waals surface area (Å²) in [6.07, 6.45) is 1.19. The molecule has 0 aliphatic carbocycles. The SMILES string of the molecule is CCN(CC)C(CNC(=O)[C@@H]1CC[C@H](CN)O1)c1ccccc1Cl.Cl.Cl. The number of ether oxygens (including phenoxy) is 1. The molecule has 3 atom stereocenters. The number of carbonyl (C=O) groups is 1. The Morgan fingerprint density at radius 3 is 2.50 bits per heavy atom. The first-order valence-electron chi connectivity index (χ1n) is 8.72. The lowest BCUT2D eigenvalue weighted by Gasteiger charge is -2.31. The standard InChI is InChI=1S/C18H28ClN3O2.2ClH/c1-3-22(4-2)16(14-7-5-6-8-15(14)19)12-21-18(23)17-10-9-13(11-20)24-17;;/h5-8,13,16-17H,3-4,9-12,20H2,1-2H3,(H,21,23);2*1H/t13-,16?,17+;;/m1../s1. The number of carbonyl (C=O) groups excluding carboxylic acids is 1. The molecule has 0 spiro atoms. The average molecular weight is 427 g/mol. The van der Waals surface area contributed by atoms with Gasteiger partial charge in [0.15, 0.2) is 0 Å². The van der Waals surface area contributed by atoms with Crippen molar-refractivity contribution in [2.24, 2.45) is 5.73 Å². The summed E-state index contributed by atoms with van der Waals surface area (Å²) in [4.78, 5) is 14.7. The van der Waals surface area contributed by atoms with Crippen molar-refractivity contribution in [2.45, 2.75) is 44.9 Å². The van der Waals surface area contributed by atoms with E-state index >= 15 is 0 Å². The zero-order chi connectivity index (χ0) is 17.5. The summed E-state index contributed by atoms with van der Waals surface area (Å²) < 4.78 is 5.67. The fourth-order valence-electron chi connectivity index (χ4n) is 3.23. The Morgan fingerprint density at radius 1 is 1.31 bits per heavy atom. The molecule has 1 heterocycles. The van der Waals surface area contributed by atoms with Gasteiger partial charge in [-0.3, -0.25) is 9.69 Å². The van der Waals surface area contributed by atoms with Crippen molar-refractivity contribution in [1.82, 2.24) is 10.2 Å². The van der Waals surface area contributed by atoms with E-state index in [1.54, 1.807) is 0 Å². The van der Waals surface area contributed by atoms with Crippen LogP contribution in [0.5, 0.6) is 0 Å². The summed E-state index contributed by atoms with van der Waals surface area (Å²) in [6.45, 7) is 6.97. The summed E-state index contributed by atoms with van der Waals surface area (Å²) in [7, 11) is 0. The van der Waals surface area contributed by atoms with Crippen molar-refractivity contribution in [1.29, 1.82) is 0 Å². The van der Waals surface area contributed by atoms with Crippen molar-refractivity contribution in [3.05, 3.63) is 34.9 Å². The van der Waals surface area contributed by atoms with Crippen LogP contribution in [0.15, 0.2) is 24.3 Å². The predicted octanol–water partition coefficient (Wildman–Crippen LogP) is 3.19. The van der Waals surface area contributed by atoms with Gasteiger partial charge in [0.2, 0.25) is 5.91 Å². The van der Waals surface area contributed by atoms with Crippen LogP contribution in [-0.2, 0) is 9.53 Å². The molecule has 1 aliphatic heterocycles. The number of hydrogen-bond donors (Lipinski definition) is 2. The molecular formula is C18H30Cl3N3O2. The Balaban J connectivity index is 0.00000312. The van der Waals surface area contributed by atoms with E-state index in [1.165, 1.54) is 0 Å². The van der Waals surface area contributed by atoms with Gasteiger partial charge in [-0.15, -0.1) is 24.8 Å². The Morgan fingerprint density at radius 2 is 1.96 bits per heavy atom. The normalized spacial score (nSPS) is 20.2. The van der Waals surface area contributed by atoms with Crippen molar-refractivity contribution in [2.75, 3.05) is 26.2 Å². The second-order valence-electron chi connectivity index (χ2n) is 6.06. The van der Waals surface area contributed by atoms with Gasteiger partial charge in [0, 0.05) is 18.1 Å². The molecule has 1 amide bonds. The summed E-state index contributed by atoms with van der Waals surface area (Å²) >= 11 is 6.38. The van der Waals surface area contributed by atoms with Crippen LogP contribution in [0, 0.1) is 0 Å². The molecule has 0 bridgehead atoms. The van der Waals surface area contributed by atoms with Gasteiger partial charge < -0.3 is 15.8 Å². The van der Waals surface area contributed by atoms with Crippen molar-refractivity contribution >= 4 is 42.3 Å². The van der Waals surface area contributed by atoms with Gasteiger partial charge in [0.05, 0.1) is 12.1 Å². The molecule has 150 valence electrons. The molecule has 1 aromatic rings. The van der Waals surface area contributed by atoms with E-state index in [0.717, 1.165) is 36.5 Å². The quantitative estimate of drug-likeness (QED) is 0.670. The van der Waals surface area contributed by atoms with Crippen LogP contribution in [0.1, 0.15) is 38.3 Å². The van der Waals surface area contributed by atoms with Crippen LogP contribution < -0.4 is 11.1 Å². The van der Waals surface area contributed by atoms with E-state index in [-0.39, 0.29) is 49.0 Å². The zero-order valence-electron chi connectivity index (χ0n) is 15.3. The topological polar surface area (TPSA) is 67.6 Å². The highest BCUT2D eigenvalue weighted by molar-refractivity contribution is 6.31. The van der Waals surface area contributed by atoms with E-state index in [1.807, 2.05) is 24.3 Å².